The average molecular weight is 924 g/mol. The molecule has 1 fully saturated rings. The van der Waals surface area contributed by atoms with Crippen molar-refractivity contribution in [3.05, 3.63) is 82.7 Å². The third-order valence-corrected chi connectivity index (χ3v) is 13.7. The molecular formula is C50H73N11O6. The monoisotopic (exact) mass is 924 g/mol. The zero-order valence-corrected chi connectivity index (χ0v) is 41.0. The van der Waals surface area contributed by atoms with E-state index in [0.29, 0.717) is 5.69 Å². The number of nitrogens with zero attached hydrogens (tertiary/aromatic N) is 4. The second kappa shape index (κ2) is 21.5. The third-order valence-electron chi connectivity index (χ3n) is 13.7. The van der Waals surface area contributed by atoms with Crippen LogP contribution < -0.4 is 37.2 Å². The lowest BCUT2D eigenvalue weighted by Gasteiger charge is -2.36. The van der Waals surface area contributed by atoms with E-state index in [1.165, 1.54) is 11.1 Å². The molecule has 67 heavy (non-hydrogen) atoms. The molecule has 2 aromatic carbocycles. The number of hydrogen-bond donors (Lipinski definition) is 7. The lowest BCUT2D eigenvalue weighted by molar-refractivity contribution is -0.144. The first-order valence-corrected chi connectivity index (χ1v) is 23.9. The predicted octanol–water partition coefficient (Wildman–Crippen LogP) is 3.11. The first kappa shape index (κ1) is 50.7. The second-order valence-corrected chi connectivity index (χ2v) is 20.8. The molecule has 2 aliphatic carbocycles. The van der Waals surface area contributed by atoms with E-state index in [-0.39, 0.29) is 55.1 Å². The van der Waals surface area contributed by atoms with Gasteiger partial charge in [-0.05, 0) is 99.6 Å². The fourth-order valence-corrected chi connectivity index (χ4v) is 9.39. The summed E-state index contributed by atoms with van der Waals surface area (Å²) in [4.78, 5) is 85.9. The smallest absolute Gasteiger partial charge is 0.246 e. The Morgan fingerprint density at radius 3 is 1.75 bits per heavy atom. The molecule has 0 unspecified atom stereocenters. The van der Waals surface area contributed by atoms with Crippen molar-refractivity contribution in [2.24, 2.45) is 10.8 Å². The maximum absolute atomic E-state index is 14.8. The number of rotatable bonds is 16. The van der Waals surface area contributed by atoms with E-state index in [9.17, 15) is 28.8 Å². The van der Waals surface area contributed by atoms with Crippen LogP contribution in [0.4, 0.5) is 0 Å². The highest BCUT2D eigenvalue weighted by atomic mass is 16.2. The topological polar surface area (TPSA) is 221 Å². The average Bonchev–Trinajstić information content (AvgIpc) is 3.96. The van der Waals surface area contributed by atoms with Gasteiger partial charge in [-0.15, -0.1) is 5.10 Å². The summed E-state index contributed by atoms with van der Waals surface area (Å²) in [5.74, 6) is -2.31. The van der Waals surface area contributed by atoms with Gasteiger partial charge in [0.25, 0.3) is 0 Å². The summed E-state index contributed by atoms with van der Waals surface area (Å²) in [6, 6.07) is 10.1. The summed E-state index contributed by atoms with van der Waals surface area (Å²) < 4.78 is 1.62. The van der Waals surface area contributed by atoms with Crippen LogP contribution in [0.5, 0.6) is 0 Å². The third kappa shape index (κ3) is 12.3. The Labute approximate surface area is 395 Å². The molecule has 0 saturated carbocycles. The molecule has 0 bridgehead atoms. The van der Waals surface area contributed by atoms with Gasteiger partial charge in [0, 0.05) is 25.6 Å². The molecule has 2 heterocycles. The van der Waals surface area contributed by atoms with Crippen molar-refractivity contribution in [1.82, 2.24) is 57.1 Å². The van der Waals surface area contributed by atoms with Gasteiger partial charge < -0.3 is 42.1 Å². The highest BCUT2D eigenvalue weighted by molar-refractivity contribution is 5.95. The van der Waals surface area contributed by atoms with Crippen LogP contribution in [0.1, 0.15) is 134 Å². The van der Waals surface area contributed by atoms with Crippen molar-refractivity contribution < 1.29 is 28.8 Å². The molecule has 9 atom stereocenters. The number of amides is 6. The van der Waals surface area contributed by atoms with Crippen LogP contribution in [0.25, 0.3) is 0 Å². The summed E-state index contributed by atoms with van der Waals surface area (Å²) >= 11 is 0. The quantitative estimate of drug-likeness (QED) is 0.111. The van der Waals surface area contributed by atoms with E-state index in [2.05, 4.69) is 59.7 Å². The molecule has 17 nitrogen and oxygen atoms in total. The number of hydrogen-bond acceptors (Lipinski definition) is 10. The van der Waals surface area contributed by atoms with E-state index in [0.717, 1.165) is 49.7 Å². The van der Waals surface area contributed by atoms with Crippen molar-refractivity contribution in [2.75, 3.05) is 20.6 Å². The molecule has 6 amide bonds. The van der Waals surface area contributed by atoms with E-state index < -0.39 is 64.9 Å². The van der Waals surface area contributed by atoms with Crippen LogP contribution in [0.2, 0.25) is 0 Å². The van der Waals surface area contributed by atoms with Gasteiger partial charge in [-0.3, -0.25) is 28.8 Å². The highest BCUT2D eigenvalue weighted by Crippen LogP contribution is 2.34. The van der Waals surface area contributed by atoms with E-state index in [4.69, 9.17) is 0 Å². The molecule has 3 aromatic rings. The van der Waals surface area contributed by atoms with Crippen molar-refractivity contribution in [3.63, 3.8) is 0 Å². The van der Waals surface area contributed by atoms with Crippen LogP contribution in [0.3, 0.4) is 0 Å². The molecule has 0 radical (unpaired) electrons. The molecule has 364 valence electrons. The molecule has 1 aliphatic heterocycles. The molecular weight excluding hydrogens is 851 g/mol. The van der Waals surface area contributed by atoms with Gasteiger partial charge in [-0.1, -0.05) is 95.3 Å². The van der Waals surface area contributed by atoms with E-state index >= 15 is 0 Å². The second-order valence-electron chi connectivity index (χ2n) is 20.8. The van der Waals surface area contributed by atoms with Gasteiger partial charge in [0.2, 0.25) is 35.4 Å². The molecule has 6 rings (SSSR count). The summed E-state index contributed by atoms with van der Waals surface area (Å²) in [6.45, 7) is 14.7. The van der Waals surface area contributed by atoms with Crippen molar-refractivity contribution >= 4 is 35.4 Å². The normalized spacial score (nSPS) is 21.6. The zero-order chi connectivity index (χ0) is 48.8. The summed E-state index contributed by atoms with van der Waals surface area (Å²) in [5.41, 5.74) is 3.44. The molecule has 3 aliphatic rings. The standard InChI is InChI=1S/C50H73N11O6/c1-29(51-9)43(62)56-41(49(3,4)5)47(66)55-39(45(64)53-37-23-15-19-31-17-11-13-21-35(31)37)25-33-27-61(59-58-33)34-26-40(46(65)54-38-24-16-20-32-18-12-14-22-36(32)38)60(28-34)48(67)42(50(6,7)8)57-44(63)30(2)52-10/h11-14,17-18,21-22,27,29-30,34,37-42,51-52H,15-16,19-20,23-26,28H2,1-10H3,(H,53,64)(H,54,65)(H,55,66)(H,56,62)(H,57,63)/t29-,30-,34-,37+,38+,39-,40-,41+,42+/m0/s1. The van der Waals surface area contributed by atoms with Gasteiger partial charge in [-0.2, -0.15) is 0 Å². The summed E-state index contributed by atoms with van der Waals surface area (Å²) in [5, 5.41) is 30.1. The summed E-state index contributed by atoms with van der Waals surface area (Å²) in [7, 11) is 3.33. The first-order valence-electron chi connectivity index (χ1n) is 23.9. The molecule has 0 spiro atoms. The Bertz CT molecular complexity index is 2270. The number of carbonyl (C=O) groups excluding carboxylic acids is 6. The van der Waals surface area contributed by atoms with Crippen LogP contribution in [-0.2, 0) is 48.0 Å². The Hall–Kier alpha value is -5.68. The maximum atomic E-state index is 14.8. The Morgan fingerprint density at radius 1 is 0.687 bits per heavy atom. The van der Waals surface area contributed by atoms with Crippen LogP contribution in [0.15, 0.2) is 54.7 Å². The minimum atomic E-state index is -1.11. The van der Waals surface area contributed by atoms with Gasteiger partial charge in [0.05, 0.1) is 35.9 Å². The lowest BCUT2D eigenvalue weighted by atomic mass is 9.85. The van der Waals surface area contributed by atoms with Crippen molar-refractivity contribution in [3.8, 4) is 0 Å². The Morgan fingerprint density at radius 2 is 1.21 bits per heavy atom. The van der Waals surface area contributed by atoms with Gasteiger partial charge in [0.15, 0.2) is 0 Å². The molecule has 1 saturated heterocycles. The molecule has 17 heteroatoms. The number of benzene rings is 2. The fourth-order valence-electron chi connectivity index (χ4n) is 9.39. The number of likely N-dealkylation sites (N-methyl/N-ethyl adjacent to an activating group) is 2. The van der Waals surface area contributed by atoms with Crippen molar-refractivity contribution in [1.29, 1.82) is 0 Å². The van der Waals surface area contributed by atoms with Crippen LogP contribution in [-0.4, -0.2) is 112 Å². The van der Waals surface area contributed by atoms with Gasteiger partial charge >= 0.3 is 0 Å². The van der Waals surface area contributed by atoms with Crippen molar-refractivity contribution in [2.45, 2.75) is 161 Å². The number of nitrogens with one attached hydrogen (secondary N) is 7. The zero-order valence-electron chi connectivity index (χ0n) is 41.0. The Kier molecular flexibility index (Phi) is 16.3. The van der Waals surface area contributed by atoms with E-state index in [1.54, 1.807) is 43.7 Å². The largest absolute Gasteiger partial charge is 0.347 e. The minimum absolute atomic E-state index is 0.0359. The number of carbonyl (C=O) groups is 6. The van der Waals surface area contributed by atoms with Gasteiger partial charge in [-0.25, -0.2) is 4.68 Å². The fraction of sp³-hybridized carbons (Fsp3) is 0.600. The lowest BCUT2D eigenvalue weighted by Crippen LogP contribution is -2.60. The number of fused-ring (bicyclic) bond motifs is 2. The number of aryl methyl sites for hydroxylation is 2. The maximum Gasteiger partial charge on any atom is 0.246 e. The number of likely N-dealkylation sites (tertiary alicyclic amines) is 1. The van der Waals surface area contributed by atoms with Crippen LogP contribution in [0, 0.1) is 10.8 Å². The highest BCUT2D eigenvalue weighted by Gasteiger charge is 2.47. The first-order chi connectivity index (χ1) is 31.7. The van der Waals surface area contributed by atoms with Crippen LogP contribution >= 0.6 is 0 Å². The molecule has 7 N–H and O–H groups in total. The minimum Gasteiger partial charge on any atom is -0.347 e. The summed E-state index contributed by atoms with van der Waals surface area (Å²) in [6.07, 6.45) is 7.01. The molecule has 1 aromatic heterocycles. The SMILES string of the molecule is CN[C@@H](C)C(=O)N[C@H](C(=O)N[C@@H](Cc1cn([C@H]2C[C@@H](C(=O)N[C@@H]3CCCc4ccccc43)N(C(=O)[C@@H](NC(=O)[C@H](C)NC)C(C)(C)C)C2)nn1)C(=O)N[C@@H]1CCCc2ccccc21)C(C)(C)C. The number of aromatic nitrogens is 3. The van der Waals surface area contributed by atoms with E-state index in [1.807, 2.05) is 77.9 Å². The predicted molar refractivity (Wildman–Crippen MR) is 255 cm³/mol. The Balaban J connectivity index is 1.28. The van der Waals surface area contributed by atoms with Gasteiger partial charge in [0.1, 0.15) is 24.2 Å².